The third-order valence-electron chi connectivity index (χ3n) is 4.59. The Morgan fingerprint density at radius 1 is 1.10 bits per heavy atom. The predicted octanol–water partition coefficient (Wildman–Crippen LogP) is 2.46. The Morgan fingerprint density at radius 2 is 1.86 bits per heavy atom. The van der Waals surface area contributed by atoms with Crippen molar-refractivity contribution in [2.24, 2.45) is 0 Å². The number of hydrogen-bond donors (Lipinski definition) is 1. The van der Waals surface area contributed by atoms with Gasteiger partial charge in [-0.15, -0.1) is 0 Å². The zero-order chi connectivity index (χ0) is 14.5. The average Bonchev–Trinajstić information content (AvgIpc) is 3.18. The summed E-state index contributed by atoms with van der Waals surface area (Å²) >= 11 is 0. The number of carbonyl (C=O) groups excluding carboxylic acids is 1. The van der Waals surface area contributed by atoms with Gasteiger partial charge in [0.05, 0.1) is 0 Å². The van der Waals surface area contributed by atoms with E-state index in [9.17, 15) is 4.79 Å². The van der Waals surface area contributed by atoms with E-state index in [0.717, 1.165) is 31.5 Å². The molecule has 1 atom stereocenters. The number of benzene rings is 1. The monoisotopic (exact) mass is 287 g/mol. The molecule has 0 bridgehead atoms. The molecule has 4 nitrogen and oxygen atoms in total. The van der Waals surface area contributed by atoms with Crippen LogP contribution in [0.4, 0.5) is 4.79 Å². The van der Waals surface area contributed by atoms with Gasteiger partial charge < -0.3 is 15.1 Å². The lowest BCUT2D eigenvalue weighted by Gasteiger charge is -2.28. The minimum Gasteiger partial charge on any atom is -0.334 e. The van der Waals surface area contributed by atoms with Crippen LogP contribution in [0.15, 0.2) is 30.3 Å². The van der Waals surface area contributed by atoms with Crippen LogP contribution in [0.5, 0.6) is 0 Å². The molecule has 4 heteroatoms. The number of nitrogens with zero attached hydrogens (tertiary/aromatic N) is 2. The van der Waals surface area contributed by atoms with Crippen LogP contribution in [0.2, 0.25) is 0 Å². The van der Waals surface area contributed by atoms with Crippen molar-refractivity contribution in [2.45, 2.75) is 38.3 Å². The van der Waals surface area contributed by atoms with Crippen LogP contribution in [0.1, 0.15) is 31.2 Å². The molecule has 3 rings (SSSR count). The van der Waals surface area contributed by atoms with Gasteiger partial charge in [-0.2, -0.15) is 0 Å². The summed E-state index contributed by atoms with van der Waals surface area (Å²) in [6, 6.07) is 10.6. The normalized spacial score (nSPS) is 22.7. The van der Waals surface area contributed by atoms with E-state index in [-0.39, 0.29) is 6.03 Å². The number of rotatable bonds is 4. The molecule has 2 fully saturated rings. The lowest BCUT2D eigenvalue weighted by Crippen LogP contribution is -2.46. The summed E-state index contributed by atoms with van der Waals surface area (Å²) in [4.78, 5) is 16.9. The topological polar surface area (TPSA) is 35.6 Å². The van der Waals surface area contributed by atoms with Crippen LogP contribution in [-0.2, 0) is 6.54 Å². The predicted molar refractivity (Wildman–Crippen MR) is 84.1 cm³/mol. The molecule has 0 aromatic heterocycles. The first-order chi connectivity index (χ1) is 10.3. The molecular weight excluding hydrogens is 262 g/mol. The van der Waals surface area contributed by atoms with Crippen LogP contribution in [-0.4, -0.2) is 48.1 Å². The van der Waals surface area contributed by atoms with Gasteiger partial charge in [0.15, 0.2) is 0 Å². The summed E-state index contributed by atoms with van der Waals surface area (Å²) in [7, 11) is 0. The molecule has 21 heavy (non-hydrogen) atoms. The third-order valence-corrected chi connectivity index (χ3v) is 4.59. The van der Waals surface area contributed by atoms with Crippen LogP contribution >= 0.6 is 0 Å². The van der Waals surface area contributed by atoms with Gasteiger partial charge in [0.2, 0.25) is 0 Å². The molecule has 1 aromatic rings. The Kier molecular flexibility index (Phi) is 4.76. The van der Waals surface area contributed by atoms with Gasteiger partial charge in [0.25, 0.3) is 0 Å². The van der Waals surface area contributed by atoms with Gasteiger partial charge in [0.1, 0.15) is 0 Å². The lowest BCUT2D eigenvalue weighted by molar-refractivity contribution is 0.174. The van der Waals surface area contributed by atoms with Crippen molar-refractivity contribution >= 4 is 6.03 Å². The highest BCUT2D eigenvalue weighted by atomic mass is 16.2. The molecule has 0 unspecified atom stereocenters. The van der Waals surface area contributed by atoms with Crippen molar-refractivity contribution in [2.75, 3.05) is 26.2 Å². The van der Waals surface area contributed by atoms with E-state index in [2.05, 4.69) is 10.2 Å². The molecule has 2 aliphatic heterocycles. The largest absolute Gasteiger partial charge is 0.334 e. The average molecular weight is 287 g/mol. The fraction of sp³-hybridized carbons (Fsp3) is 0.588. The lowest BCUT2D eigenvalue weighted by atomic mass is 10.2. The number of amides is 2. The Hall–Kier alpha value is -1.55. The van der Waals surface area contributed by atoms with Crippen LogP contribution in [0.3, 0.4) is 0 Å². The summed E-state index contributed by atoms with van der Waals surface area (Å²) in [5, 5.41) is 3.06. The molecule has 2 heterocycles. The first-order valence-corrected chi connectivity index (χ1v) is 8.14. The van der Waals surface area contributed by atoms with E-state index in [1.54, 1.807) is 0 Å². The molecule has 2 amide bonds. The van der Waals surface area contributed by atoms with Gasteiger partial charge in [-0.3, -0.25) is 0 Å². The van der Waals surface area contributed by atoms with Crippen LogP contribution in [0.25, 0.3) is 0 Å². The second-order valence-electron chi connectivity index (χ2n) is 6.14. The highest BCUT2D eigenvalue weighted by Gasteiger charge is 2.30. The molecule has 0 aliphatic carbocycles. The highest BCUT2D eigenvalue weighted by Crippen LogP contribution is 2.20. The van der Waals surface area contributed by atoms with Crippen molar-refractivity contribution in [1.29, 1.82) is 0 Å². The Bertz CT molecular complexity index is 456. The molecule has 114 valence electrons. The maximum absolute atomic E-state index is 12.4. The summed E-state index contributed by atoms with van der Waals surface area (Å²) in [5.74, 6) is 0. The maximum atomic E-state index is 12.4. The van der Waals surface area contributed by atoms with Gasteiger partial charge >= 0.3 is 6.03 Å². The first-order valence-electron chi connectivity index (χ1n) is 8.14. The van der Waals surface area contributed by atoms with Crippen molar-refractivity contribution in [3.05, 3.63) is 35.9 Å². The molecule has 2 saturated heterocycles. The zero-order valence-electron chi connectivity index (χ0n) is 12.6. The van der Waals surface area contributed by atoms with Crippen molar-refractivity contribution in [1.82, 2.24) is 15.1 Å². The summed E-state index contributed by atoms with van der Waals surface area (Å²) < 4.78 is 0. The molecule has 1 aromatic carbocycles. The first kappa shape index (κ1) is 14.4. The Labute approximate surface area is 127 Å². The highest BCUT2D eigenvalue weighted by molar-refractivity contribution is 5.74. The molecule has 0 saturated carbocycles. The molecule has 0 spiro atoms. The van der Waals surface area contributed by atoms with Crippen LogP contribution < -0.4 is 5.32 Å². The van der Waals surface area contributed by atoms with Crippen molar-refractivity contribution in [3.8, 4) is 0 Å². The fourth-order valence-corrected chi connectivity index (χ4v) is 3.43. The molecular formula is C17H25N3O. The van der Waals surface area contributed by atoms with E-state index < -0.39 is 0 Å². The Morgan fingerprint density at radius 3 is 2.62 bits per heavy atom. The van der Waals surface area contributed by atoms with Gasteiger partial charge in [-0.1, -0.05) is 30.3 Å². The standard InChI is InChI=1S/C17H25N3O/c21-17(18-13-15-7-2-1-3-8-15)20-12-6-9-16(20)14-19-10-4-5-11-19/h1-3,7-8,16H,4-6,9-14H2,(H,18,21)/t16-/m0/s1. The smallest absolute Gasteiger partial charge is 0.317 e. The number of nitrogens with one attached hydrogen (secondary N) is 1. The summed E-state index contributed by atoms with van der Waals surface area (Å²) in [6.45, 7) is 4.98. The minimum atomic E-state index is 0.0977. The number of carbonyl (C=O) groups is 1. The number of urea groups is 1. The summed E-state index contributed by atoms with van der Waals surface area (Å²) in [6.07, 6.45) is 4.91. The molecule has 0 radical (unpaired) electrons. The van der Waals surface area contributed by atoms with E-state index >= 15 is 0 Å². The zero-order valence-corrected chi connectivity index (χ0v) is 12.6. The van der Waals surface area contributed by atoms with Gasteiger partial charge in [-0.25, -0.2) is 4.79 Å². The van der Waals surface area contributed by atoms with Gasteiger partial charge in [-0.05, 0) is 44.3 Å². The fourth-order valence-electron chi connectivity index (χ4n) is 3.43. The van der Waals surface area contributed by atoms with Crippen LogP contribution in [0, 0.1) is 0 Å². The van der Waals surface area contributed by atoms with E-state index in [1.807, 2.05) is 35.2 Å². The second-order valence-corrected chi connectivity index (χ2v) is 6.14. The number of likely N-dealkylation sites (tertiary alicyclic amines) is 2. The third kappa shape index (κ3) is 3.76. The van der Waals surface area contributed by atoms with E-state index in [1.165, 1.54) is 25.9 Å². The second kappa shape index (κ2) is 6.94. The van der Waals surface area contributed by atoms with Crippen molar-refractivity contribution in [3.63, 3.8) is 0 Å². The van der Waals surface area contributed by atoms with E-state index in [4.69, 9.17) is 0 Å². The number of hydrogen-bond acceptors (Lipinski definition) is 2. The molecule has 2 aliphatic rings. The molecule has 1 N–H and O–H groups in total. The van der Waals surface area contributed by atoms with Gasteiger partial charge in [0, 0.05) is 25.7 Å². The van der Waals surface area contributed by atoms with E-state index in [0.29, 0.717) is 12.6 Å². The SMILES string of the molecule is O=C(NCc1ccccc1)N1CCC[C@H]1CN1CCCC1. The van der Waals surface area contributed by atoms with Crippen molar-refractivity contribution < 1.29 is 4.79 Å². The Balaban J connectivity index is 1.50. The summed E-state index contributed by atoms with van der Waals surface area (Å²) in [5.41, 5.74) is 1.15. The maximum Gasteiger partial charge on any atom is 0.317 e. The quantitative estimate of drug-likeness (QED) is 0.923. The minimum absolute atomic E-state index is 0.0977.